The van der Waals surface area contributed by atoms with Crippen molar-refractivity contribution in [3.63, 3.8) is 0 Å². The summed E-state index contributed by atoms with van der Waals surface area (Å²) in [5, 5.41) is 2.97. The maximum atomic E-state index is 13.9. The molecule has 8 heteroatoms. The van der Waals surface area contributed by atoms with Crippen LogP contribution in [0.25, 0.3) is 6.08 Å². The van der Waals surface area contributed by atoms with E-state index in [0.717, 1.165) is 16.8 Å². The lowest BCUT2D eigenvalue weighted by atomic mass is 9.95. The zero-order valence-electron chi connectivity index (χ0n) is 21.6. The minimum Gasteiger partial charge on any atom is -0.497 e. The number of benzene rings is 3. The van der Waals surface area contributed by atoms with E-state index in [2.05, 4.69) is 5.32 Å². The fourth-order valence-electron chi connectivity index (χ4n) is 4.48. The Hall–Kier alpha value is -4.43. The molecule has 1 aromatic heterocycles. The minimum absolute atomic E-state index is 0.198. The molecule has 1 N–H and O–H groups in total. The lowest BCUT2D eigenvalue weighted by Crippen LogP contribution is -2.40. The van der Waals surface area contributed by atoms with E-state index in [1.807, 2.05) is 111 Å². The molecular formula is C30H28N4O3S. The summed E-state index contributed by atoms with van der Waals surface area (Å²) in [6.45, 7) is 1.81. The fourth-order valence-corrected chi connectivity index (χ4v) is 5.53. The van der Waals surface area contributed by atoms with Crippen LogP contribution in [-0.2, 0) is 4.79 Å². The molecule has 2 heterocycles. The summed E-state index contributed by atoms with van der Waals surface area (Å²) in [6, 6.07) is 24.0. The molecule has 1 atom stereocenters. The molecule has 0 fully saturated rings. The maximum Gasteiger partial charge on any atom is 0.271 e. The molecule has 7 nitrogen and oxygen atoms in total. The second-order valence-electron chi connectivity index (χ2n) is 9.16. The average molecular weight is 525 g/mol. The van der Waals surface area contributed by atoms with Gasteiger partial charge in [0, 0.05) is 25.5 Å². The molecule has 1 aliphatic rings. The van der Waals surface area contributed by atoms with Gasteiger partial charge in [-0.1, -0.05) is 53.8 Å². The predicted molar refractivity (Wildman–Crippen MR) is 153 cm³/mol. The van der Waals surface area contributed by atoms with Gasteiger partial charge in [-0.05, 0) is 60.5 Å². The van der Waals surface area contributed by atoms with Gasteiger partial charge in [-0.25, -0.2) is 4.99 Å². The number of methoxy groups -OCH3 is 1. The van der Waals surface area contributed by atoms with Gasteiger partial charge in [0.2, 0.25) is 0 Å². The molecule has 4 aromatic rings. The van der Waals surface area contributed by atoms with Crippen LogP contribution in [0.15, 0.2) is 99.9 Å². The number of nitrogens with one attached hydrogen (secondary N) is 1. The van der Waals surface area contributed by atoms with Gasteiger partial charge in [0.25, 0.3) is 11.5 Å². The SMILES string of the molecule is COc1cccc([C@H]2C(C(=O)Nc3ccccc3)=C(C)N=c3s/c(=C/c4ccc(N(C)C)cc4)c(=O)n32)c1. The van der Waals surface area contributed by atoms with Crippen LogP contribution in [0.2, 0.25) is 0 Å². The summed E-state index contributed by atoms with van der Waals surface area (Å²) in [4.78, 5) is 34.8. The molecule has 1 aliphatic heterocycles. The summed E-state index contributed by atoms with van der Waals surface area (Å²) >= 11 is 1.32. The first kappa shape index (κ1) is 25.2. The largest absolute Gasteiger partial charge is 0.497 e. The zero-order valence-corrected chi connectivity index (χ0v) is 22.5. The predicted octanol–water partition coefficient (Wildman–Crippen LogP) is 3.95. The maximum absolute atomic E-state index is 13.9. The molecule has 0 saturated heterocycles. The van der Waals surface area contributed by atoms with E-state index in [1.165, 1.54) is 11.3 Å². The van der Waals surface area contributed by atoms with Crippen molar-refractivity contribution < 1.29 is 9.53 Å². The second-order valence-corrected chi connectivity index (χ2v) is 10.2. The standard InChI is InChI=1S/C30H28N4O3S/c1-19-26(28(35)32-22-10-6-5-7-11-22)27(21-9-8-12-24(18-21)37-4)34-29(36)25(38-30(34)31-19)17-20-13-15-23(16-14-20)33(2)3/h5-18,27H,1-4H3,(H,32,35)/b25-17+/t27-/m0/s1. The smallest absolute Gasteiger partial charge is 0.271 e. The van der Waals surface area contributed by atoms with Gasteiger partial charge in [-0.15, -0.1) is 0 Å². The van der Waals surface area contributed by atoms with E-state index in [4.69, 9.17) is 9.73 Å². The van der Waals surface area contributed by atoms with E-state index in [0.29, 0.717) is 32.0 Å². The van der Waals surface area contributed by atoms with E-state index in [1.54, 1.807) is 11.7 Å². The van der Waals surface area contributed by atoms with Gasteiger partial charge < -0.3 is 15.0 Å². The van der Waals surface area contributed by atoms with E-state index in [-0.39, 0.29) is 11.5 Å². The van der Waals surface area contributed by atoms with Crippen molar-refractivity contribution in [1.82, 2.24) is 4.57 Å². The van der Waals surface area contributed by atoms with Crippen LogP contribution in [0.4, 0.5) is 11.4 Å². The Kier molecular flexibility index (Phi) is 6.98. The monoisotopic (exact) mass is 524 g/mol. The Labute approximate surface area is 224 Å². The van der Waals surface area contributed by atoms with Crippen LogP contribution >= 0.6 is 11.3 Å². The summed E-state index contributed by atoms with van der Waals surface area (Å²) in [7, 11) is 5.56. The van der Waals surface area contributed by atoms with Crippen LogP contribution in [0.3, 0.4) is 0 Å². The number of ether oxygens (including phenoxy) is 1. The van der Waals surface area contributed by atoms with Crippen LogP contribution in [-0.4, -0.2) is 31.7 Å². The van der Waals surface area contributed by atoms with Crippen molar-refractivity contribution >= 4 is 34.7 Å². The number of hydrogen-bond donors (Lipinski definition) is 1. The average Bonchev–Trinajstić information content (AvgIpc) is 3.22. The molecule has 0 aliphatic carbocycles. The molecule has 0 bridgehead atoms. The summed E-state index contributed by atoms with van der Waals surface area (Å²) in [5.41, 5.74) is 4.20. The van der Waals surface area contributed by atoms with Crippen LogP contribution in [0.1, 0.15) is 24.1 Å². The second kappa shape index (κ2) is 10.5. The summed E-state index contributed by atoms with van der Waals surface area (Å²) < 4.78 is 7.62. The lowest BCUT2D eigenvalue weighted by Gasteiger charge is -2.25. The number of aromatic nitrogens is 1. The first-order valence-electron chi connectivity index (χ1n) is 12.2. The number of fused-ring (bicyclic) bond motifs is 1. The van der Waals surface area contributed by atoms with Crippen molar-refractivity contribution in [2.45, 2.75) is 13.0 Å². The molecule has 3 aromatic carbocycles. The van der Waals surface area contributed by atoms with Crippen LogP contribution in [0.5, 0.6) is 5.75 Å². The Morgan fingerprint density at radius 2 is 1.79 bits per heavy atom. The third-order valence-electron chi connectivity index (χ3n) is 6.41. The number of carbonyl (C=O) groups is 1. The Morgan fingerprint density at radius 1 is 1.05 bits per heavy atom. The van der Waals surface area contributed by atoms with Crippen molar-refractivity contribution in [2.24, 2.45) is 4.99 Å². The van der Waals surface area contributed by atoms with Gasteiger partial charge >= 0.3 is 0 Å². The van der Waals surface area contributed by atoms with Crippen molar-refractivity contribution in [1.29, 1.82) is 0 Å². The molecule has 1 amide bonds. The molecule has 0 saturated carbocycles. The quantitative estimate of drug-likeness (QED) is 0.415. The number of thiazole rings is 1. The third kappa shape index (κ3) is 4.90. The molecule has 0 unspecified atom stereocenters. The Morgan fingerprint density at radius 3 is 2.47 bits per heavy atom. The van der Waals surface area contributed by atoms with Gasteiger partial charge in [-0.3, -0.25) is 14.2 Å². The molecular weight excluding hydrogens is 496 g/mol. The number of allylic oxidation sites excluding steroid dienone is 1. The number of carbonyl (C=O) groups excluding carboxylic acids is 1. The Bertz CT molecular complexity index is 1700. The molecule has 0 radical (unpaired) electrons. The third-order valence-corrected chi connectivity index (χ3v) is 7.40. The van der Waals surface area contributed by atoms with Gasteiger partial charge in [0.05, 0.1) is 29.0 Å². The molecule has 5 rings (SSSR count). The molecule has 0 spiro atoms. The minimum atomic E-state index is -0.664. The lowest BCUT2D eigenvalue weighted by molar-refractivity contribution is -0.113. The number of amides is 1. The highest BCUT2D eigenvalue weighted by Gasteiger charge is 2.32. The normalized spacial score (nSPS) is 15.1. The number of hydrogen-bond acceptors (Lipinski definition) is 6. The Balaban J connectivity index is 1.65. The van der Waals surface area contributed by atoms with Crippen molar-refractivity contribution in [3.05, 3.63) is 121 Å². The fraction of sp³-hybridized carbons (Fsp3) is 0.167. The highest BCUT2D eigenvalue weighted by atomic mass is 32.1. The van der Waals surface area contributed by atoms with Gasteiger partial charge in [0.1, 0.15) is 5.75 Å². The van der Waals surface area contributed by atoms with Crippen LogP contribution < -0.4 is 29.8 Å². The zero-order chi connectivity index (χ0) is 26.8. The number of nitrogens with zero attached hydrogens (tertiary/aromatic N) is 3. The van der Waals surface area contributed by atoms with E-state index >= 15 is 0 Å². The topological polar surface area (TPSA) is 75.9 Å². The summed E-state index contributed by atoms with van der Waals surface area (Å²) in [6.07, 6.45) is 1.87. The van der Waals surface area contributed by atoms with Gasteiger partial charge in [0.15, 0.2) is 4.80 Å². The number of anilines is 2. The van der Waals surface area contributed by atoms with Gasteiger partial charge in [-0.2, -0.15) is 0 Å². The highest BCUT2D eigenvalue weighted by Crippen LogP contribution is 2.32. The molecule has 192 valence electrons. The van der Waals surface area contributed by atoms with E-state index in [9.17, 15) is 9.59 Å². The van der Waals surface area contributed by atoms with Crippen molar-refractivity contribution in [2.75, 3.05) is 31.4 Å². The first-order valence-corrected chi connectivity index (χ1v) is 13.0. The van der Waals surface area contributed by atoms with Crippen LogP contribution in [0, 0.1) is 0 Å². The van der Waals surface area contributed by atoms with E-state index < -0.39 is 6.04 Å². The first-order chi connectivity index (χ1) is 18.4. The molecule has 38 heavy (non-hydrogen) atoms. The highest BCUT2D eigenvalue weighted by molar-refractivity contribution is 7.07. The number of para-hydroxylation sites is 1. The summed E-state index contributed by atoms with van der Waals surface area (Å²) in [5.74, 6) is 0.335. The van der Waals surface area contributed by atoms with Crippen molar-refractivity contribution in [3.8, 4) is 5.75 Å². The number of rotatable bonds is 6.